The Kier molecular flexibility index (Phi) is 4.23. The van der Waals surface area contributed by atoms with E-state index >= 15 is 0 Å². The number of hydroxylamine groups is 2. The molecule has 0 unspecified atom stereocenters. The van der Waals surface area contributed by atoms with E-state index in [1.54, 1.807) is 0 Å². The molecular weight excluding hydrogens is 242 g/mol. The predicted octanol–water partition coefficient (Wildman–Crippen LogP) is -1.19. The van der Waals surface area contributed by atoms with Crippen molar-refractivity contribution in [1.29, 1.82) is 0 Å². The lowest BCUT2D eigenvalue weighted by atomic mass is 10.4. The molecule has 0 aromatic carbocycles. The summed E-state index contributed by atoms with van der Waals surface area (Å²) in [5.74, 6) is -1.60. The molecule has 0 aromatic heterocycles. The van der Waals surface area contributed by atoms with Crippen LogP contribution in [0.5, 0.6) is 0 Å². The number of nitrogens with zero attached hydrogens (tertiary/aromatic N) is 1. The lowest BCUT2D eigenvalue weighted by molar-refractivity contribution is -0.176. The molecule has 0 N–H and O–H groups in total. The van der Waals surface area contributed by atoms with E-state index in [0.717, 1.165) is 0 Å². The van der Waals surface area contributed by atoms with Gasteiger partial charge in [0.15, 0.2) is 0 Å². The average molecular weight is 251 g/mol. The van der Waals surface area contributed by atoms with Crippen molar-refractivity contribution in [3.63, 3.8) is 0 Å². The highest BCUT2D eigenvalue weighted by Gasteiger charge is 2.33. The van der Waals surface area contributed by atoms with Crippen LogP contribution < -0.4 is 0 Å². The molecule has 1 aliphatic rings. The fraction of sp³-hybridized carbons (Fsp3) is 0.571. The standard InChI is InChI=1S/C7H9NO7S/c9-5-1-2-6(10)8(5)15-7(11)14-3-4-16(12)13/h16H,1-4H2. The number of imide groups is 1. The van der Waals surface area contributed by atoms with Gasteiger partial charge in [0, 0.05) is 12.8 Å². The number of ether oxygens (including phenoxy) is 1. The van der Waals surface area contributed by atoms with E-state index in [1.807, 2.05) is 0 Å². The first-order valence-corrected chi connectivity index (χ1v) is 5.69. The first-order chi connectivity index (χ1) is 7.50. The van der Waals surface area contributed by atoms with Crippen LogP contribution in [0, 0.1) is 0 Å². The second-order valence-electron chi connectivity index (χ2n) is 2.83. The summed E-state index contributed by atoms with van der Waals surface area (Å²) in [5.41, 5.74) is 0. The van der Waals surface area contributed by atoms with E-state index in [-0.39, 0.29) is 25.2 Å². The van der Waals surface area contributed by atoms with Crippen LogP contribution >= 0.6 is 0 Å². The molecular formula is C7H9NO7S. The largest absolute Gasteiger partial charge is 0.533 e. The van der Waals surface area contributed by atoms with E-state index < -0.39 is 28.7 Å². The third-order valence-electron chi connectivity index (χ3n) is 1.67. The van der Waals surface area contributed by atoms with Crippen LogP contribution in [0.3, 0.4) is 0 Å². The summed E-state index contributed by atoms with van der Waals surface area (Å²) in [6.45, 7) is -0.381. The number of rotatable bonds is 4. The normalized spacial score (nSPS) is 15.7. The molecule has 1 heterocycles. The van der Waals surface area contributed by atoms with E-state index in [0.29, 0.717) is 5.06 Å². The Morgan fingerprint density at radius 1 is 1.25 bits per heavy atom. The van der Waals surface area contributed by atoms with Gasteiger partial charge in [-0.05, 0) is 0 Å². The molecule has 0 aliphatic carbocycles. The summed E-state index contributed by atoms with van der Waals surface area (Å²) in [6.07, 6.45) is -1.31. The molecule has 1 saturated heterocycles. The quantitative estimate of drug-likeness (QED) is 0.380. The molecule has 0 atom stereocenters. The van der Waals surface area contributed by atoms with E-state index in [2.05, 4.69) is 9.57 Å². The van der Waals surface area contributed by atoms with E-state index in [4.69, 9.17) is 0 Å². The van der Waals surface area contributed by atoms with Gasteiger partial charge >= 0.3 is 6.16 Å². The van der Waals surface area contributed by atoms with Crippen molar-refractivity contribution in [3.8, 4) is 0 Å². The number of thiol groups is 1. The zero-order valence-electron chi connectivity index (χ0n) is 8.08. The second-order valence-corrected chi connectivity index (χ2v) is 3.94. The second kappa shape index (κ2) is 5.45. The van der Waals surface area contributed by atoms with E-state index in [9.17, 15) is 22.8 Å². The summed E-state index contributed by atoms with van der Waals surface area (Å²) < 4.78 is 24.6. The van der Waals surface area contributed by atoms with Crippen LogP contribution in [0.1, 0.15) is 12.8 Å². The minimum atomic E-state index is -2.64. The van der Waals surface area contributed by atoms with Crippen LogP contribution in [0.25, 0.3) is 0 Å². The molecule has 1 rings (SSSR count). The number of amides is 2. The zero-order chi connectivity index (χ0) is 12.1. The molecule has 1 aliphatic heterocycles. The third-order valence-corrected chi connectivity index (χ3v) is 2.21. The first kappa shape index (κ1) is 12.4. The Morgan fingerprint density at radius 2 is 1.81 bits per heavy atom. The summed E-state index contributed by atoms with van der Waals surface area (Å²) in [5, 5.41) is 0.319. The minimum Gasteiger partial charge on any atom is -0.432 e. The fourth-order valence-corrected chi connectivity index (χ4v) is 1.20. The molecule has 0 aromatic rings. The Hall–Kier alpha value is -1.64. The Bertz CT molecular complexity index is 364. The number of carbonyl (C=O) groups is 3. The number of hydrogen-bond acceptors (Lipinski definition) is 7. The first-order valence-electron chi connectivity index (χ1n) is 4.33. The van der Waals surface area contributed by atoms with Crippen molar-refractivity contribution in [2.45, 2.75) is 12.8 Å². The van der Waals surface area contributed by atoms with Crippen molar-refractivity contribution in [2.75, 3.05) is 12.4 Å². The molecule has 9 heteroatoms. The summed E-state index contributed by atoms with van der Waals surface area (Å²) in [4.78, 5) is 37.1. The molecule has 0 bridgehead atoms. The number of hydrogen-bond donors (Lipinski definition) is 1. The highest BCUT2D eigenvalue weighted by Crippen LogP contribution is 2.12. The highest BCUT2D eigenvalue weighted by molar-refractivity contribution is 7.72. The topological polar surface area (TPSA) is 107 Å². The molecule has 1 fully saturated rings. The number of carbonyl (C=O) groups excluding carboxylic acids is 3. The molecule has 0 radical (unpaired) electrons. The summed E-state index contributed by atoms with van der Waals surface area (Å²) >= 11 is 0. The van der Waals surface area contributed by atoms with Crippen LogP contribution in [-0.2, 0) is 29.9 Å². The molecule has 16 heavy (non-hydrogen) atoms. The van der Waals surface area contributed by atoms with Crippen molar-refractivity contribution in [1.82, 2.24) is 5.06 Å². The van der Waals surface area contributed by atoms with Gasteiger partial charge in [0.1, 0.15) is 17.3 Å². The highest BCUT2D eigenvalue weighted by atomic mass is 32.2. The van der Waals surface area contributed by atoms with Gasteiger partial charge in [0.25, 0.3) is 11.8 Å². The molecule has 90 valence electrons. The van der Waals surface area contributed by atoms with Gasteiger partial charge in [-0.2, -0.15) is 0 Å². The van der Waals surface area contributed by atoms with Crippen LogP contribution in [0.15, 0.2) is 0 Å². The van der Waals surface area contributed by atoms with Crippen molar-refractivity contribution >= 4 is 28.7 Å². The zero-order valence-corrected chi connectivity index (χ0v) is 8.98. The van der Waals surface area contributed by atoms with E-state index in [1.165, 1.54) is 0 Å². The van der Waals surface area contributed by atoms with Crippen LogP contribution in [-0.4, -0.2) is 43.8 Å². The minimum absolute atomic E-state index is 0.0153. The van der Waals surface area contributed by atoms with Gasteiger partial charge in [-0.3, -0.25) is 14.4 Å². The fourth-order valence-electron chi connectivity index (χ4n) is 0.962. The predicted molar refractivity (Wildman–Crippen MR) is 48.7 cm³/mol. The van der Waals surface area contributed by atoms with Crippen molar-refractivity contribution in [3.05, 3.63) is 0 Å². The SMILES string of the molecule is O=C(OCC[SH](=O)=O)ON1C(=O)CCC1=O. The Labute approximate surface area is 92.0 Å². The monoisotopic (exact) mass is 251 g/mol. The van der Waals surface area contributed by atoms with Gasteiger partial charge < -0.3 is 4.74 Å². The average Bonchev–Trinajstić information content (AvgIpc) is 2.49. The van der Waals surface area contributed by atoms with Crippen LogP contribution in [0.2, 0.25) is 0 Å². The van der Waals surface area contributed by atoms with Gasteiger partial charge in [-0.1, -0.05) is 5.06 Å². The molecule has 0 saturated carbocycles. The molecule has 2 amide bonds. The van der Waals surface area contributed by atoms with Gasteiger partial charge in [-0.15, -0.1) is 0 Å². The Morgan fingerprint density at radius 3 is 2.31 bits per heavy atom. The third kappa shape index (κ3) is 3.50. The van der Waals surface area contributed by atoms with Gasteiger partial charge in [-0.25, -0.2) is 13.2 Å². The molecule has 8 nitrogen and oxygen atoms in total. The maximum absolute atomic E-state index is 11.0. The summed E-state index contributed by atoms with van der Waals surface area (Å²) in [7, 11) is -2.64. The lowest BCUT2D eigenvalue weighted by Gasteiger charge is -2.11. The van der Waals surface area contributed by atoms with Crippen molar-refractivity contribution < 1.29 is 32.4 Å². The maximum Gasteiger partial charge on any atom is 0.533 e. The lowest BCUT2D eigenvalue weighted by Crippen LogP contribution is -2.32. The van der Waals surface area contributed by atoms with Gasteiger partial charge in [0.2, 0.25) is 0 Å². The molecule has 0 spiro atoms. The smallest absolute Gasteiger partial charge is 0.432 e. The van der Waals surface area contributed by atoms with Crippen molar-refractivity contribution in [2.24, 2.45) is 0 Å². The Balaban J connectivity index is 2.33. The summed E-state index contributed by atoms with van der Waals surface area (Å²) in [6, 6.07) is 0. The maximum atomic E-state index is 11.0. The van der Waals surface area contributed by atoms with Crippen LogP contribution in [0.4, 0.5) is 4.79 Å². The van der Waals surface area contributed by atoms with Gasteiger partial charge in [0.05, 0.1) is 5.75 Å².